The van der Waals surface area contributed by atoms with Crippen LogP contribution in [0.25, 0.3) is 21.6 Å². The number of rotatable bonds is 4. The number of thiophene rings is 1. The Balaban J connectivity index is 1.65. The molecular formula is C17H11ClN6S. The summed E-state index contributed by atoms with van der Waals surface area (Å²) >= 11 is 7.68. The summed E-state index contributed by atoms with van der Waals surface area (Å²) in [4.78, 5) is 9.77. The summed E-state index contributed by atoms with van der Waals surface area (Å²) in [5.41, 5.74) is 1.90. The highest BCUT2D eigenvalue weighted by atomic mass is 35.5. The zero-order valence-corrected chi connectivity index (χ0v) is 14.4. The smallest absolute Gasteiger partial charge is 0.191 e. The molecule has 6 nitrogen and oxygen atoms in total. The highest BCUT2D eigenvalue weighted by Crippen LogP contribution is 2.28. The average molecular weight is 367 g/mol. The Morgan fingerprint density at radius 1 is 1.32 bits per heavy atom. The van der Waals surface area contributed by atoms with Crippen molar-refractivity contribution in [2.45, 2.75) is 6.54 Å². The van der Waals surface area contributed by atoms with Gasteiger partial charge in [0.2, 0.25) is 0 Å². The SMILES string of the molecule is N#Cc1cnc2ccc(Cl)cc2c1NCc1nc(-c2cccs2)n[nH]1. The van der Waals surface area contributed by atoms with E-state index >= 15 is 0 Å². The van der Waals surface area contributed by atoms with Crippen LogP contribution >= 0.6 is 22.9 Å². The maximum Gasteiger partial charge on any atom is 0.191 e. The maximum absolute atomic E-state index is 9.38. The fourth-order valence-electron chi connectivity index (χ4n) is 2.50. The van der Waals surface area contributed by atoms with Crippen LogP contribution in [0.3, 0.4) is 0 Å². The van der Waals surface area contributed by atoms with Crippen LogP contribution in [0.2, 0.25) is 5.02 Å². The van der Waals surface area contributed by atoms with Crippen LogP contribution in [0.1, 0.15) is 11.4 Å². The number of hydrogen-bond donors (Lipinski definition) is 2. The van der Waals surface area contributed by atoms with Gasteiger partial charge in [-0.25, -0.2) is 4.98 Å². The summed E-state index contributed by atoms with van der Waals surface area (Å²) in [7, 11) is 0. The number of fused-ring (bicyclic) bond motifs is 1. The van der Waals surface area contributed by atoms with Crippen molar-refractivity contribution in [3.05, 3.63) is 58.3 Å². The van der Waals surface area contributed by atoms with E-state index < -0.39 is 0 Å². The molecule has 3 aromatic heterocycles. The number of nitrogens with one attached hydrogen (secondary N) is 2. The quantitative estimate of drug-likeness (QED) is 0.564. The Morgan fingerprint density at radius 2 is 2.24 bits per heavy atom. The van der Waals surface area contributed by atoms with Gasteiger partial charge in [-0.1, -0.05) is 17.7 Å². The van der Waals surface area contributed by atoms with Crippen LogP contribution in [0.5, 0.6) is 0 Å². The van der Waals surface area contributed by atoms with Gasteiger partial charge in [-0.05, 0) is 29.6 Å². The van der Waals surface area contributed by atoms with Crippen molar-refractivity contribution < 1.29 is 0 Å². The minimum atomic E-state index is 0.401. The molecule has 0 radical (unpaired) electrons. The van der Waals surface area contributed by atoms with Gasteiger partial charge in [-0.2, -0.15) is 10.4 Å². The predicted octanol–water partition coefficient (Wildman–Crippen LogP) is 4.22. The highest BCUT2D eigenvalue weighted by Gasteiger charge is 2.11. The fourth-order valence-corrected chi connectivity index (χ4v) is 3.33. The largest absolute Gasteiger partial charge is 0.376 e. The van der Waals surface area contributed by atoms with E-state index in [2.05, 4.69) is 31.6 Å². The number of nitrogens with zero attached hydrogens (tertiary/aromatic N) is 4. The molecule has 2 N–H and O–H groups in total. The number of H-pyrrole nitrogens is 1. The van der Waals surface area contributed by atoms with Crippen LogP contribution in [0.15, 0.2) is 41.9 Å². The van der Waals surface area contributed by atoms with Gasteiger partial charge >= 0.3 is 0 Å². The van der Waals surface area contributed by atoms with Crippen LogP contribution in [-0.2, 0) is 6.54 Å². The minimum Gasteiger partial charge on any atom is -0.376 e. The predicted molar refractivity (Wildman–Crippen MR) is 98.5 cm³/mol. The molecule has 0 amide bonds. The number of nitriles is 1. The van der Waals surface area contributed by atoms with Gasteiger partial charge in [0, 0.05) is 16.6 Å². The van der Waals surface area contributed by atoms with E-state index in [0.29, 0.717) is 34.5 Å². The second-order valence-electron chi connectivity index (χ2n) is 5.26. The van der Waals surface area contributed by atoms with Crippen molar-refractivity contribution in [3.8, 4) is 16.8 Å². The Bertz CT molecular complexity index is 1080. The number of anilines is 1. The molecule has 3 heterocycles. The maximum atomic E-state index is 9.38. The van der Waals surface area contributed by atoms with E-state index in [0.717, 1.165) is 15.8 Å². The van der Waals surface area contributed by atoms with Crippen molar-refractivity contribution in [1.82, 2.24) is 20.2 Å². The zero-order valence-electron chi connectivity index (χ0n) is 12.8. The summed E-state index contributed by atoms with van der Waals surface area (Å²) in [5.74, 6) is 1.34. The molecule has 1 aromatic carbocycles. The van der Waals surface area contributed by atoms with Crippen molar-refractivity contribution in [1.29, 1.82) is 5.26 Å². The van der Waals surface area contributed by atoms with Crippen LogP contribution in [-0.4, -0.2) is 20.2 Å². The molecule has 0 spiro atoms. The van der Waals surface area contributed by atoms with E-state index in [-0.39, 0.29) is 0 Å². The number of halogens is 1. The van der Waals surface area contributed by atoms with Crippen molar-refractivity contribution >= 4 is 39.5 Å². The number of aromatic nitrogens is 4. The van der Waals surface area contributed by atoms with E-state index in [1.54, 1.807) is 29.7 Å². The lowest BCUT2D eigenvalue weighted by Gasteiger charge is -2.10. The number of pyridine rings is 1. The van der Waals surface area contributed by atoms with Crippen molar-refractivity contribution in [3.63, 3.8) is 0 Å². The molecule has 0 atom stereocenters. The molecule has 122 valence electrons. The molecule has 0 aliphatic heterocycles. The van der Waals surface area contributed by atoms with Gasteiger partial charge < -0.3 is 5.32 Å². The monoisotopic (exact) mass is 366 g/mol. The molecule has 0 aliphatic carbocycles. The molecule has 4 aromatic rings. The molecular weight excluding hydrogens is 356 g/mol. The topological polar surface area (TPSA) is 90.3 Å². The third-order valence-electron chi connectivity index (χ3n) is 3.66. The van der Waals surface area contributed by atoms with Crippen molar-refractivity contribution in [2.24, 2.45) is 0 Å². The van der Waals surface area contributed by atoms with Crippen LogP contribution in [0.4, 0.5) is 5.69 Å². The number of aromatic amines is 1. The van der Waals surface area contributed by atoms with E-state index in [1.807, 2.05) is 23.6 Å². The summed E-state index contributed by atoms with van der Waals surface area (Å²) in [5, 5.41) is 23.1. The normalized spacial score (nSPS) is 10.7. The van der Waals surface area contributed by atoms with Gasteiger partial charge in [-0.3, -0.25) is 10.1 Å². The fraction of sp³-hybridized carbons (Fsp3) is 0.0588. The standard InChI is InChI=1S/C17H11ClN6S/c18-11-3-4-13-12(6-11)16(10(7-19)8-20-13)21-9-15-22-17(24-23-15)14-2-1-5-25-14/h1-6,8H,9H2,(H,20,21)(H,22,23,24). The van der Waals surface area contributed by atoms with Gasteiger partial charge in [0.1, 0.15) is 11.9 Å². The Labute approximate surface area is 152 Å². The third kappa shape index (κ3) is 3.05. The first-order chi connectivity index (χ1) is 12.2. The first-order valence-corrected chi connectivity index (χ1v) is 8.68. The third-order valence-corrected chi connectivity index (χ3v) is 4.76. The molecule has 0 saturated heterocycles. The molecule has 0 aliphatic rings. The summed E-state index contributed by atoms with van der Waals surface area (Å²) in [6, 6.07) is 11.5. The van der Waals surface area contributed by atoms with Gasteiger partial charge in [0.15, 0.2) is 5.82 Å². The average Bonchev–Trinajstić information content (AvgIpc) is 3.30. The Kier molecular flexibility index (Phi) is 4.06. The van der Waals surface area contributed by atoms with Crippen molar-refractivity contribution in [2.75, 3.05) is 5.32 Å². The number of hydrogen-bond acceptors (Lipinski definition) is 6. The van der Waals surface area contributed by atoms with E-state index in [4.69, 9.17) is 11.6 Å². The molecule has 0 saturated carbocycles. The Hall–Kier alpha value is -2.95. The van der Waals surface area contributed by atoms with Gasteiger partial charge in [-0.15, -0.1) is 11.3 Å². The minimum absolute atomic E-state index is 0.401. The van der Waals surface area contributed by atoms with Crippen LogP contribution in [0, 0.1) is 11.3 Å². The molecule has 25 heavy (non-hydrogen) atoms. The lowest BCUT2D eigenvalue weighted by Crippen LogP contribution is -2.04. The number of benzene rings is 1. The molecule has 4 rings (SSSR count). The zero-order chi connectivity index (χ0) is 17.2. The van der Waals surface area contributed by atoms with Gasteiger partial charge in [0.05, 0.1) is 28.2 Å². The lowest BCUT2D eigenvalue weighted by molar-refractivity contribution is 0.955. The lowest BCUT2D eigenvalue weighted by atomic mass is 10.1. The molecule has 0 unspecified atom stereocenters. The Morgan fingerprint density at radius 3 is 3.04 bits per heavy atom. The second kappa shape index (κ2) is 6.51. The molecule has 0 bridgehead atoms. The van der Waals surface area contributed by atoms with Gasteiger partial charge in [0.25, 0.3) is 0 Å². The van der Waals surface area contributed by atoms with E-state index in [9.17, 15) is 5.26 Å². The first-order valence-electron chi connectivity index (χ1n) is 7.42. The highest BCUT2D eigenvalue weighted by molar-refractivity contribution is 7.13. The second-order valence-corrected chi connectivity index (χ2v) is 6.64. The molecule has 8 heteroatoms. The van der Waals surface area contributed by atoms with Crippen LogP contribution < -0.4 is 5.32 Å². The molecule has 0 fully saturated rings. The summed E-state index contributed by atoms with van der Waals surface area (Å²) in [6.07, 6.45) is 1.55. The summed E-state index contributed by atoms with van der Waals surface area (Å²) in [6.45, 7) is 0.401. The first kappa shape index (κ1) is 15.6. The van der Waals surface area contributed by atoms with E-state index in [1.165, 1.54) is 0 Å². The summed E-state index contributed by atoms with van der Waals surface area (Å²) < 4.78 is 0.